The molecule has 110 valence electrons. The van der Waals surface area contributed by atoms with Crippen LogP contribution in [0.15, 0.2) is 45.9 Å². The van der Waals surface area contributed by atoms with E-state index in [0.717, 1.165) is 5.76 Å². The van der Waals surface area contributed by atoms with Crippen LogP contribution in [0.1, 0.15) is 23.8 Å². The Labute approximate surface area is 124 Å². The summed E-state index contributed by atoms with van der Waals surface area (Å²) in [7, 11) is -3.61. The summed E-state index contributed by atoms with van der Waals surface area (Å²) in [6.07, 6.45) is 2.03. The van der Waals surface area contributed by atoms with Crippen LogP contribution in [-0.2, 0) is 16.4 Å². The molecule has 1 aromatic heterocycles. The molecule has 0 saturated heterocycles. The van der Waals surface area contributed by atoms with Crippen LogP contribution in [0.4, 0.5) is 0 Å². The summed E-state index contributed by atoms with van der Waals surface area (Å²) in [4.78, 5) is 0.158. The third-order valence-corrected chi connectivity index (χ3v) is 4.66. The zero-order valence-electron chi connectivity index (χ0n) is 11.8. The normalized spacial score (nSPS) is 12.8. The topological polar surface area (TPSA) is 83.1 Å². The molecular formula is C15H16N2O3S. The van der Waals surface area contributed by atoms with E-state index in [0.29, 0.717) is 17.5 Å². The van der Waals surface area contributed by atoms with Gasteiger partial charge in [-0.25, -0.2) is 13.1 Å². The van der Waals surface area contributed by atoms with Gasteiger partial charge in [0.05, 0.1) is 22.8 Å². The molecule has 6 heteroatoms. The van der Waals surface area contributed by atoms with Gasteiger partial charge in [-0.05, 0) is 49.7 Å². The van der Waals surface area contributed by atoms with Crippen LogP contribution in [0.3, 0.4) is 0 Å². The van der Waals surface area contributed by atoms with E-state index in [4.69, 9.17) is 9.68 Å². The fourth-order valence-corrected chi connectivity index (χ4v) is 3.36. The molecule has 5 nitrogen and oxygen atoms in total. The summed E-state index contributed by atoms with van der Waals surface area (Å²) in [6.45, 7) is 3.49. The number of nitriles is 1. The second kappa shape index (κ2) is 6.12. The van der Waals surface area contributed by atoms with E-state index in [-0.39, 0.29) is 10.9 Å². The van der Waals surface area contributed by atoms with Crippen molar-refractivity contribution in [3.05, 3.63) is 53.5 Å². The summed E-state index contributed by atoms with van der Waals surface area (Å²) in [6, 6.07) is 9.74. The summed E-state index contributed by atoms with van der Waals surface area (Å²) < 4.78 is 32.4. The van der Waals surface area contributed by atoms with Crippen LogP contribution in [0.2, 0.25) is 0 Å². The van der Waals surface area contributed by atoms with Crippen molar-refractivity contribution in [2.75, 3.05) is 0 Å². The minimum atomic E-state index is -3.61. The van der Waals surface area contributed by atoms with Crippen LogP contribution in [0.5, 0.6) is 0 Å². The summed E-state index contributed by atoms with van der Waals surface area (Å²) in [5.74, 6) is 0.723. The maximum Gasteiger partial charge on any atom is 0.240 e. The van der Waals surface area contributed by atoms with Crippen LogP contribution in [-0.4, -0.2) is 14.5 Å². The molecule has 2 rings (SSSR count). The molecule has 0 amide bonds. The molecule has 1 heterocycles. The Bertz CT molecular complexity index is 759. The van der Waals surface area contributed by atoms with Crippen LogP contribution in [0, 0.1) is 18.3 Å². The predicted molar refractivity (Wildman–Crippen MR) is 78.1 cm³/mol. The van der Waals surface area contributed by atoms with Gasteiger partial charge in [-0.1, -0.05) is 0 Å². The number of nitrogens with one attached hydrogen (secondary N) is 1. The SMILES string of the molecule is Cc1cc(S(=O)(=O)NC(C)Cc2ccco2)ccc1C#N. The Morgan fingerprint density at radius 1 is 1.38 bits per heavy atom. The lowest BCUT2D eigenvalue weighted by atomic mass is 10.1. The first-order chi connectivity index (χ1) is 9.92. The first-order valence-electron chi connectivity index (χ1n) is 6.48. The third-order valence-electron chi connectivity index (χ3n) is 3.07. The zero-order valence-corrected chi connectivity index (χ0v) is 12.6. The van der Waals surface area contributed by atoms with E-state index in [1.54, 1.807) is 32.2 Å². The maximum absolute atomic E-state index is 12.3. The van der Waals surface area contributed by atoms with Crippen molar-refractivity contribution in [1.29, 1.82) is 5.26 Å². The van der Waals surface area contributed by atoms with Crippen LogP contribution < -0.4 is 4.72 Å². The molecular weight excluding hydrogens is 288 g/mol. The van der Waals surface area contributed by atoms with Crippen molar-refractivity contribution in [1.82, 2.24) is 4.72 Å². The summed E-state index contributed by atoms with van der Waals surface area (Å²) >= 11 is 0. The van der Waals surface area contributed by atoms with E-state index in [1.165, 1.54) is 18.2 Å². The predicted octanol–water partition coefficient (Wildman–Crippen LogP) is 2.37. The molecule has 0 aliphatic heterocycles. The smallest absolute Gasteiger partial charge is 0.240 e. The van der Waals surface area contributed by atoms with Gasteiger partial charge in [0, 0.05) is 12.5 Å². The molecule has 0 saturated carbocycles. The molecule has 1 N–H and O–H groups in total. The highest BCUT2D eigenvalue weighted by Gasteiger charge is 2.19. The Morgan fingerprint density at radius 3 is 2.71 bits per heavy atom. The third kappa shape index (κ3) is 3.72. The summed E-state index contributed by atoms with van der Waals surface area (Å²) in [5, 5.41) is 8.88. The highest BCUT2D eigenvalue weighted by Crippen LogP contribution is 2.15. The van der Waals surface area contributed by atoms with Gasteiger partial charge < -0.3 is 4.42 Å². The van der Waals surface area contributed by atoms with Crippen molar-refractivity contribution in [3.63, 3.8) is 0 Å². The van der Waals surface area contributed by atoms with E-state index in [9.17, 15) is 8.42 Å². The molecule has 0 fully saturated rings. The van der Waals surface area contributed by atoms with Crippen molar-refractivity contribution < 1.29 is 12.8 Å². The molecule has 0 aliphatic rings. The molecule has 21 heavy (non-hydrogen) atoms. The van der Waals surface area contributed by atoms with E-state index in [2.05, 4.69) is 4.72 Å². The van der Waals surface area contributed by atoms with Gasteiger partial charge in [-0.2, -0.15) is 5.26 Å². The van der Waals surface area contributed by atoms with Gasteiger partial charge >= 0.3 is 0 Å². The van der Waals surface area contributed by atoms with E-state index < -0.39 is 10.0 Å². The second-order valence-corrected chi connectivity index (χ2v) is 6.61. The minimum Gasteiger partial charge on any atom is -0.469 e. The molecule has 1 unspecified atom stereocenters. The van der Waals surface area contributed by atoms with E-state index >= 15 is 0 Å². The van der Waals surface area contributed by atoms with Crippen molar-refractivity contribution in [2.45, 2.75) is 31.2 Å². The van der Waals surface area contributed by atoms with E-state index in [1.807, 2.05) is 6.07 Å². The Kier molecular flexibility index (Phi) is 4.46. The van der Waals surface area contributed by atoms with Crippen molar-refractivity contribution in [2.24, 2.45) is 0 Å². The highest BCUT2D eigenvalue weighted by atomic mass is 32.2. The quantitative estimate of drug-likeness (QED) is 0.919. The molecule has 2 aromatic rings. The van der Waals surface area contributed by atoms with Gasteiger partial charge in [-0.15, -0.1) is 0 Å². The lowest BCUT2D eigenvalue weighted by molar-refractivity contribution is 0.479. The lowest BCUT2D eigenvalue weighted by Gasteiger charge is -2.13. The Morgan fingerprint density at radius 2 is 2.14 bits per heavy atom. The number of benzene rings is 1. The second-order valence-electron chi connectivity index (χ2n) is 4.89. The highest BCUT2D eigenvalue weighted by molar-refractivity contribution is 7.89. The van der Waals surface area contributed by atoms with Gasteiger partial charge in [0.2, 0.25) is 10.0 Å². The number of hydrogen-bond acceptors (Lipinski definition) is 4. The Balaban J connectivity index is 2.15. The molecule has 0 spiro atoms. The number of sulfonamides is 1. The van der Waals surface area contributed by atoms with Gasteiger partial charge in [0.15, 0.2) is 0 Å². The first-order valence-corrected chi connectivity index (χ1v) is 7.96. The fourth-order valence-electron chi connectivity index (χ4n) is 2.03. The van der Waals surface area contributed by atoms with Crippen LogP contribution in [0.25, 0.3) is 0 Å². The minimum absolute atomic E-state index is 0.158. The number of nitrogens with zero attached hydrogens (tertiary/aromatic N) is 1. The fraction of sp³-hybridized carbons (Fsp3) is 0.267. The van der Waals surface area contributed by atoms with Gasteiger partial charge in [0.25, 0.3) is 0 Å². The molecule has 0 bridgehead atoms. The number of hydrogen-bond donors (Lipinski definition) is 1. The van der Waals surface area contributed by atoms with Gasteiger partial charge in [-0.3, -0.25) is 0 Å². The number of rotatable bonds is 5. The molecule has 1 aromatic carbocycles. The standard InChI is InChI=1S/C15H16N2O3S/c1-11-8-15(6-5-13(11)10-16)21(18,19)17-12(2)9-14-4-3-7-20-14/h3-8,12,17H,9H2,1-2H3. The van der Waals surface area contributed by atoms with Crippen molar-refractivity contribution in [3.8, 4) is 6.07 Å². The Hall–Kier alpha value is -2.10. The van der Waals surface area contributed by atoms with Crippen molar-refractivity contribution >= 4 is 10.0 Å². The molecule has 1 atom stereocenters. The average molecular weight is 304 g/mol. The average Bonchev–Trinajstić information content (AvgIpc) is 2.90. The molecule has 0 radical (unpaired) electrons. The lowest BCUT2D eigenvalue weighted by Crippen LogP contribution is -2.34. The van der Waals surface area contributed by atoms with Gasteiger partial charge in [0.1, 0.15) is 5.76 Å². The number of furan rings is 1. The monoisotopic (exact) mass is 304 g/mol. The first kappa shape index (κ1) is 15.3. The number of aryl methyl sites for hydroxylation is 1. The van der Waals surface area contributed by atoms with Crippen LogP contribution >= 0.6 is 0 Å². The largest absolute Gasteiger partial charge is 0.469 e. The zero-order chi connectivity index (χ0) is 15.5. The summed E-state index contributed by atoms with van der Waals surface area (Å²) in [5.41, 5.74) is 1.11. The maximum atomic E-state index is 12.3. The molecule has 0 aliphatic carbocycles.